The molecule has 0 unspecified atom stereocenters. The van der Waals surface area contributed by atoms with Gasteiger partial charge in [0.2, 0.25) is 0 Å². The molecule has 1 aliphatic heterocycles. The van der Waals surface area contributed by atoms with E-state index in [4.69, 9.17) is 19.6 Å². The molecule has 0 saturated carbocycles. The Bertz CT molecular complexity index is 2190. The van der Waals surface area contributed by atoms with Gasteiger partial charge in [-0.2, -0.15) is 0 Å². The van der Waals surface area contributed by atoms with Crippen LogP contribution < -0.4 is 21.4 Å². The van der Waals surface area contributed by atoms with Crippen molar-refractivity contribution in [1.82, 2.24) is 15.2 Å². The Labute approximate surface area is 312 Å². The molecule has 8 nitrogen and oxygen atoms in total. The lowest BCUT2D eigenvalue weighted by molar-refractivity contribution is 0.0995. The summed E-state index contributed by atoms with van der Waals surface area (Å²) < 4.78 is 13.6. The van der Waals surface area contributed by atoms with Gasteiger partial charge in [0.25, 0.3) is 14.2 Å². The molecule has 1 aliphatic rings. The highest BCUT2D eigenvalue weighted by molar-refractivity contribution is 6.99. The molecule has 53 heavy (non-hydrogen) atoms. The molecule has 3 heterocycles. The number of hydrogen-bond donors (Lipinski definition) is 2. The van der Waals surface area contributed by atoms with E-state index in [-0.39, 0.29) is 28.8 Å². The van der Waals surface area contributed by atoms with Gasteiger partial charge in [0.15, 0.2) is 0 Å². The highest BCUT2D eigenvalue weighted by Gasteiger charge is 2.50. The van der Waals surface area contributed by atoms with Gasteiger partial charge in [0, 0.05) is 41.3 Å². The molecule has 0 aliphatic carbocycles. The van der Waals surface area contributed by atoms with Crippen molar-refractivity contribution >= 4 is 41.6 Å². The van der Waals surface area contributed by atoms with Gasteiger partial charge in [0.1, 0.15) is 17.0 Å². The Morgan fingerprint density at radius 2 is 1.53 bits per heavy atom. The topological polar surface area (TPSA) is 111 Å². The third-order valence-corrected chi connectivity index (χ3v) is 15.1. The zero-order valence-electron chi connectivity index (χ0n) is 30.9. The van der Waals surface area contributed by atoms with E-state index in [0.29, 0.717) is 25.3 Å². The maximum atomic E-state index is 13.9. The fraction of sp³-hybridized carbons (Fsp3) is 0.250. The van der Waals surface area contributed by atoms with Crippen LogP contribution in [-0.2, 0) is 11.0 Å². The fourth-order valence-electron chi connectivity index (χ4n) is 7.78. The number of fused-ring (bicyclic) bond motifs is 2. The molecule has 6 aromatic rings. The van der Waals surface area contributed by atoms with Gasteiger partial charge in [-0.1, -0.05) is 118 Å². The molecule has 9 heteroatoms. The van der Waals surface area contributed by atoms with Crippen molar-refractivity contribution in [2.45, 2.75) is 64.7 Å². The molecule has 1 atom stereocenters. The minimum absolute atomic E-state index is 0.0699. The van der Waals surface area contributed by atoms with Crippen LogP contribution in [-0.4, -0.2) is 42.8 Å². The van der Waals surface area contributed by atoms with Gasteiger partial charge in [0.05, 0.1) is 11.7 Å². The van der Waals surface area contributed by atoms with Crippen LogP contribution in [0.15, 0.2) is 126 Å². The third-order valence-electron chi connectivity index (χ3n) is 10.1. The molecular formula is C44H46N4O4Si. The second-order valence-electron chi connectivity index (χ2n) is 15.1. The molecule has 0 saturated heterocycles. The number of primary amides is 1. The molecule has 0 radical (unpaired) electrons. The zero-order chi connectivity index (χ0) is 37.3. The Hall–Kier alpha value is -5.51. The van der Waals surface area contributed by atoms with E-state index in [0.717, 1.165) is 39.0 Å². The molecule has 0 spiro atoms. The lowest BCUT2D eigenvalue weighted by atomic mass is 9.94. The molecule has 0 bridgehead atoms. The molecule has 7 rings (SSSR count). The Morgan fingerprint density at radius 3 is 2.15 bits per heavy atom. The van der Waals surface area contributed by atoms with E-state index in [2.05, 4.69) is 74.6 Å². The predicted octanol–water partition coefficient (Wildman–Crippen LogP) is 8.20. The Morgan fingerprint density at radius 1 is 0.887 bits per heavy atom. The first-order valence-electron chi connectivity index (χ1n) is 18.2. The molecule has 3 N–H and O–H groups in total. The van der Waals surface area contributed by atoms with Crippen LogP contribution >= 0.6 is 0 Å². The smallest absolute Gasteiger partial charge is 0.318 e. The average Bonchev–Trinajstić information content (AvgIpc) is 3.75. The van der Waals surface area contributed by atoms with Crippen molar-refractivity contribution < 1.29 is 18.4 Å². The van der Waals surface area contributed by atoms with Crippen molar-refractivity contribution in [2.75, 3.05) is 6.61 Å². The van der Waals surface area contributed by atoms with Crippen LogP contribution in [0.3, 0.4) is 0 Å². The molecule has 2 aromatic heterocycles. The second kappa shape index (κ2) is 14.5. The van der Waals surface area contributed by atoms with Crippen molar-refractivity contribution in [3.05, 3.63) is 138 Å². The lowest BCUT2D eigenvalue weighted by Crippen LogP contribution is -2.66. The molecule has 0 fully saturated rings. The number of hydrogen-bond acceptors (Lipinski definition) is 5. The number of amides is 3. The van der Waals surface area contributed by atoms with Gasteiger partial charge in [-0.3, -0.25) is 4.79 Å². The Kier molecular flexibility index (Phi) is 9.80. The number of rotatable bonds is 10. The maximum absolute atomic E-state index is 13.9. The van der Waals surface area contributed by atoms with Crippen LogP contribution in [0.5, 0.6) is 0 Å². The number of nitrogens with two attached hydrogens (primary N) is 1. The number of carbonyl (C=O) groups is 2. The molecule has 270 valence electrons. The molecular weight excluding hydrogens is 677 g/mol. The summed E-state index contributed by atoms with van der Waals surface area (Å²) in [5.74, 6) is 0.100. The first-order chi connectivity index (χ1) is 25.5. The van der Waals surface area contributed by atoms with E-state index in [9.17, 15) is 9.59 Å². The second-order valence-corrected chi connectivity index (χ2v) is 19.4. The number of furan rings is 1. The number of para-hydroxylation sites is 1. The summed E-state index contributed by atoms with van der Waals surface area (Å²) in [6, 6.07) is 40.1. The molecule has 3 amide bonds. The third kappa shape index (κ3) is 6.90. The van der Waals surface area contributed by atoms with Crippen LogP contribution in [0.1, 0.15) is 68.7 Å². The van der Waals surface area contributed by atoms with E-state index < -0.39 is 14.2 Å². The SMILES string of the molecule is CC(C)NC(=O)N1Cc2cc(C(N)=O)nc(-c3cccc(-c4cc5ccccc5o4)c3)c2[C@H]1CCO[Si](c1ccccc1)(c1ccccc1)C(C)(C)C. The van der Waals surface area contributed by atoms with E-state index in [1.54, 1.807) is 6.07 Å². The summed E-state index contributed by atoms with van der Waals surface area (Å²) in [6.07, 6.45) is 0.511. The zero-order valence-corrected chi connectivity index (χ0v) is 31.9. The van der Waals surface area contributed by atoms with Crippen molar-refractivity contribution in [3.63, 3.8) is 0 Å². The first kappa shape index (κ1) is 35.9. The van der Waals surface area contributed by atoms with E-state index in [1.807, 2.05) is 85.5 Å². The summed E-state index contributed by atoms with van der Waals surface area (Å²) in [4.78, 5) is 33.4. The number of benzene rings is 4. The molecule has 4 aromatic carbocycles. The van der Waals surface area contributed by atoms with E-state index in [1.165, 1.54) is 10.4 Å². The minimum atomic E-state index is -2.86. The van der Waals surface area contributed by atoms with Crippen LogP contribution in [0.25, 0.3) is 33.6 Å². The highest BCUT2D eigenvalue weighted by Crippen LogP contribution is 2.44. The van der Waals surface area contributed by atoms with Gasteiger partial charge in [-0.15, -0.1) is 0 Å². The number of nitrogens with one attached hydrogen (secondary N) is 1. The summed E-state index contributed by atoms with van der Waals surface area (Å²) in [7, 11) is -2.86. The normalized spacial score (nSPS) is 14.5. The van der Waals surface area contributed by atoms with Crippen LogP contribution in [0.4, 0.5) is 4.79 Å². The van der Waals surface area contributed by atoms with Gasteiger partial charge in [-0.25, -0.2) is 9.78 Å². The maximum Gasteiger partial charge on any atom is 0.318 e. The minimum Gasteiger partial charge on any atom is -0.456 e. The van der Waals surface area contributed by atoms with Crippen LogP contribution in [0.2, 0.25) is 5.04 Å². The highest BCUT2D eigenvalue weighted by atomic mass is 28.4. The van der Waals surface area contributed by atoms with Crippen molar-refractivity contribution in [2.24, 2.45) is 5.73 Å². The Balaban J connectivity index is 1.32. The van der Waals surface area contributed by atoms with E-state index >= 15 is 0 Å². The standard InChI is InChI=1S/C44H46N4O4Si/c1-29(2)46-43(50)48-28-33-26-36(42(45)49)47-41(32-17-14-16-30(25-32)39-27-31-15-12-13-22-38(31)52-39)40(33)37(48)23-24-51-53(44(3,4)5,34-18-8-6-9-19-34)35-20-10-7-11-21-35/h6-22,25-27,29,37H,23-24,28H2,1-5H3,(H2,45,49)(H,46,50)/t37-/m1/s1. The summed E-state index contributed by atoms with van der Waals surface area (Å²) in [5.41, 5.74) is 10.8. The fourth-order valence-corrected chi connectivity index (χ4v) is 12.4. The van der Waals surface area contributed by atoms with Crippen molar-refractivity contribution in [1.29, 1.82) is 0 Å². The van der Waals surface area contributed by atoms with Gasteiger partial charge >= 0.3 is 6.03 Å². The number of nitrogens with zero attached hydrogens (tertiary/aromatic N) is 2. The monoisotopic (exact) mass is 722 g/mol. The number of urea groups is 1. The number of aromatic nitrogens is 1. The lowest BCUT2D eigenvalue weighted by Gasteiger charge is -2.43. The quantitative estimate of drug-likeness (QED) is 0.139. The predicted molar refractivity (Wildman–Crippen MR) is 214 cm³/mol. The first-order valence-corrected chi connectivity index (χ1v) is 20.1. The van der Waals surface area contributed by atoms with Gasteiger partial charge < -0.3 is 24.8 Å². The largest absolute Gasteiger partial charge is 0.456 e. The number of carbonyl (C=O) groups excluding carboxylic acids is 2. The number of pyridine rings is 1. The van der Waals surface area contributed by atoms with Crippen molar-refractivity contribution in [3.8, 4) is 22.6 Å². The van der Waals surface area contributed by atoms with Gasteiger partial charge in [-0.05, 0) is 65.5 Å². The summed E-state index contributed by atoms with van der Waals surface area (Å²) >= 11 is 0. The average molecular weight is 723 g/mol. The summed E-state index contributed by atoms with van der Waals surface area (Å²) in [5, 5.41) is 6.28. The van der Waals surface area contributed by atoms with Crippen LogP contribution in [0, 0.1) is 0 Å². The summed E-state index contributed by atoms with van der Waals surface area (Å²) in [6.45, 7) is 11.4.